The predicted molar refractivity (Wildman–Crippen MR) is 67.9 cm³/mol. The first-order chi connectivity index (χ1) is 7.34. The molecule has 4 heteroatoms. The molecule has 0 saturated heterocycles. The van der Waals surface area contributed by atoms with E-state index in [9.17, 15) is 0 Å². The monoisotopic (exact) mass is 280 g/mol. The minimum absolute atomic E-state index is 0.973. The zero-order valence-corrected chi connectivity index (χ0v) is 10.3. The van der Waals surface area contributed by atoms with E-state index < -0.39 is 0 Å². The molecule has 0 saturated carbocycles. The number of rotatable bonds is 3. The fourth-order valence-corrected chi connectivity index (χ4v) is 2.08. The molecule has 0 spiro atoms. The van der Waals surface area contributed by atoms with Gasteiger partial charge in [0.2, 0.25) is 0 Å². The number of anilines is 1. The molecule has 0 bridgehead atoms. The Morgan fingerprint density at radius 3 is 2.67 bits per heavy atom. The molecule has 76 valence electrons. The van der Waals surface area contributed by atoms with Gasteiger partial charge < -0.3 is 4.72 Å². The van der Waals surface area contributed by atoms with Gasteiger partial charge in [0.1, 0.15) is 0 Å². The third-order valence-corrected chi connectivity index (χ3v) is 3.01. The van der Waals surface area contributed by atoms with Gasteiger partial charge in [-0.2, -0.15) is 0 Å². The third-order valence-electron chi connectivity index (χ3n) is 1.73. The van der Waals surface area contributed by atoms with Crippen LogP contribution < -0.4 is 4.72 Å². The fourth-order valence-electron chi connectivity index (χ4n) is 1.07. The standard InChI is InChI=1S/C11H9BrN2S/c12-9-6-10(8-13-7-9)14-15-11-4-2-1-3-5-11/h1-8,14H. The van der Waals surface area contributed by atoms with E-state index >= 15 is 0 Å². The van der Waals surface area contributed by atoms with Crippen LogP contribution in [0.1, 0.15) is 0 Å². The van der Waals surface area contributed by atoms with Gasteiger partial charge in [-0.25, -0.2) is 0 Å². The summed E-state index contributed by atoms with van der Waals surface area (Å²) in [5, 5.41) is 0. The molecule has 1 aromatic carbocycles. The number of benzene rings is 1. The van der Waals surface area contributed by atoms with Crippen LogP contribution in [0.15, 0.2) is 58.2 Å². The number of halogens is 1. The van der Waals surface area contributed by atoms with Crippen molar-refractivity contribution in [1.82, 2.24) is 4.98 Å². The van der Waals surface area contributed by atoms with E-state index in [-0.39, 0.29) is 0 Å². The van der Waals surface area contributed by atoms with Gasteiger partial charge in [-0.05, 0) is 46.1 Å². The van der Waals surface area contributed by atoms with Gasteiger partial charge in [-0.3, -0.25) is 4.98 Å². The molecule has 0 radical (unpaired) electrons. The first-order valence-corrected chi connectivity index (χ1v) is 6.04. The van der Waals surface area contributed by atoms with Crippen molar-refractivity contribution >= 4 is 33.6 Å². The molecule has 2 aromatic rings. The molecule has 0 fully saturated rings. The summed E-state index contributed by atoms with van der Waals surface area (Å²) < 4.78 is 4.20. The maximum Gasteiger partial charge on any atom is 0.0639 e. The smallest absolute Gasteiger partial charge is 0.0639 e. The van der Waals surface area contributed by atoms with Crippen molar-refractivity contribution in [2.24, 2.45) is 0 Å². The van der Waals surface area contributed by atoms with E-state index in [4.69, 9.17) is 0 Å². The first kappa shape index (κ1) is 10.5. The van der Waals surface area contributed by atoms with Crippen LogP contribution >= 0.6 is 27.9 Å². The van der Waals surface area contributed by atoms with Crippen molar-refractivity contribution in [1.29, 1.82) is 0 Å². The van der Waals surface area contributed by atoms with Crippen LogP contribution in [0, 0.1) is 0 Å². The molecule has 0 aliphatic heterocycles. The Bertz CT molecular complexity index is 434. The summed E-state index contributed by atoms with van der Waals surface area (Å²) in [4.78, 5) is 5.25. The number of hydrogen-bond donors (Lipinski definition) is 1. The molecule has 0 unspecified atom stereocenters. The van der Waals surface area contributed by atoms with E-state index in [0.717, 1.165) is 10.2 Å². The third kappa shape index (κ3) is 3.25. The van der Waals surface area contributed by atoms with E-state index in [1.165, 1.54) is 4.90 Å². The summed E-state index contributed by atoms with van der Waals surface area (Å²) >= 11 is 4.95. The van der Waals surface area contributed by atoms with Crippen LogP contribution in [-0.2, 0) is 0 Å². The second-order valence-electron chi connectivity index (χ2n) is 2.91. The van der Waals surface area contributed by atoms with Crippen molar-refractivity contribution in [3.05, 3.63) is 53.3 Å². The van der Waals surface area contributed by atoms with Crippen LogP contribution in [-0.4, -0.2) is 4.98 Å². The molecule has 2 rings (SSSR count). The topological polar surface area (TPSA) is 24.9 Å². The minimum Gasteiger partial charge on any atom is -0.324 e. The minimum atomic E-state index is 0.973. The van der Waals surface area contributed by atoms with Crippen molar-refractivity contribution in [2.45, 2.75) is 4.90 Å². The molecule has 1 heterocycles. The van der Waals surface area contributed by atoms with Gasteiger partial charge in [0.05, 0.1) is 11.9 Å². The molecule has 0 amide bonds. The van der Waals surface area contributed by atoms with Crippen LogP contribution in [0.2, 0.25) is 0 Å². The summed E-state index contributed by atoms with van der Waals surface area (Å²) in [7, 11) is 0. The Morgan fingerprint density at radius 1 is 1.13 bits per heavy atom. The summed E-state index contributed by atoms with van der Waals surface area (Å²) in [5.41, 5.74) is 0.984. The van der Waals surface area contributed by atoms with E-state index in [1.807, 2.05) is 24.3 Å². The lowest BCUT2D eigenvalue weighted by Gasteiger charge is -2.04. The highest BCUT2D eigenvalue weighted by Crippen LogP contribution is 2.21. The van der Waals surface area contributed by atoms with E-state index in [0.29, 0.717) is 0 Å². The second kappa shape index (κ2) is 5.19. The summed E-state index contributed by atoms with van der Waals surface area (Å²) in [6.45, 7) is 0. The van der Waals surface area contributed by atoms with E-state index in [2.05, 4.69) is 37.8 Å². The maximum absolute atomic E-state index is 4.07. The number of hydrogen-bond acceptors (Lipinski definition) is 3. The van der Waals surface area contributed by atoms with Crippen molar-refractivity contribution in [2.75, 3.05) is 4.72 Å². The molecule has 15 heavy (non-hydrogen) atoms. The lowest BCUT2D eigenvalue weighted by atomic mass is 10.4. The lowest BCUT2D eigenvalue weighted by Crippen LogP contribution is -1.87. The van der Waals surface area contributed by atoms with Crippen molar-refractivity contribution < 1.29 is 0 Å². The molecule has 0 aliphatic rings. The van der Waals surface area contributed by atoms with Crippen LogP contribution in [0.3, 0.4) is 0 Å². The number of pyridine rings is 1. The highest BCUT2D eigenvalue weighted by atomic mass is 79.9. The number of aromatic nitrogens is 1. The summed E-state index contributed by atoms with van der Waals surface area (Å²) in [6, 6.07) is 12.1. The normalized spacial score (nSPS) is 9.93. The van der Waals surface area contributed by atoms with Gasteiger partial charge >= 0.3 is 0 Å². The Hall–Kier alpha value is -1.00. The molecule has 2 nitrogen and oxygen atoms in total. The quantitative estimate of drug-likeness (QED) is 0.862. The van der Waals surface area contributed by atoms with Gasteiger partial charge in [0.15, 0.2) is 0 Å². The van der Waals surface area contributed by atoms with Crippen LogP contribution in [0.5, 0.6) is 0 Å². The Kier molecular flexibility index (Phi) is 3.64. The lowest BCUT2D eigenvalue weighted by molar-refractivity contribution is 1.31. The first-order valence-electron chi connectivity index (χ1n) is 4.43. The van der Waals surface area contributed by atoms with Gasteiger partial charge in [-0.1, -0.05) is 18.2 Å². The molecule has 1 N–H and O–H groups in total. The molecular formula is C11H9BrN2S. The average Bonchev–Trinajstić information content (AvgIpc) is 2.28. The van der Waals surface area contributed by atoms with Crippen molar-refractivity contribution in [3.8, 4) is 0 Å². The zero-order chi connectivity index (χ0) is 10.5. The van der Waals surface area contributed by atoms with Gasteiger partial charge in [-0.15, -0.1) is 0 Å². The SMILES string of the molecule is Brc1cncc(NSc2ccccc2)c1. The average molecular weight is 281 g/mol. The Balaban J connectivity index is 1.99. The van der Waals surface area contributed by atoms with Gasteiger partial charge in [0.25, 0.3) is 0 Å². The molecule has 0 aliphatic carbocycles. The maximum atomic E-state index is 4.07. The zero-order valence-electron chi connectivity index (χ0n) is 7.85. The predicted octanol–water partition coefficient (Wildman–Crippen LogP) is 3.96. The number of nitrogens with zero attached hydrogens (tertiary/aromatic N) is 1. The summed E-state index contributed by atoms with van der Waals surface area (Å²) in [6.07, 6.45) is 3.55. The summed E-state index contributed by atoms with van der Waals surface area (Å²) in [5.74, 6) is 0. The highest BCUT2D eigenvalue weighted by molar-refractivity contribution is 9.10. The molecular weight excluding hydrogens is 272 g/mol. The van der Waals surface area contributed by atoms with Crippen LogP contribution in [0.25, 0.3) is 0 Å². The highest BCUT2D eigenvalue weighted by Gasteiger charge is 1.95. The fraction of sp³-hybridized carbons (Fsp3) is 0. The Labute approximate surface area is 101 Å². The number of nitrogens with one attached hydrogen (secondary N) is 1. The van der Waals surface area contributed by atoms with Crippen LogP contribution in [0.4, 0.5) is 5.69 Å². The van der Waals surface area contributed by atoms with E-state index in [1.54, 1.807) is 24.3 Å². The largest absolute Gasteiger partial charge is 0.324 e. The van der Waals surface area contributed by atoms with Crippen molar-refractivity contribution in [3.63, 3.8) is 0 Å². The molecule has 1 aromatic heterocycles. The van der Waals surface area contributed by atoms with Gasteiger partial charge in [0, 0.05) is 15.6 Å². The Morgan fingerprint density at radius 2 is 1.93 bits per heavy atom. The second-order valence-corrected chi connectivity index (χ2v) is 4.70. The molecule has 0 atom stereocenters.